The van der Waals surface area contributed by atoms with Crippen LogP contribution in [0.2, 0.25) is 0 Å². The zero-order valence-electron chi connectivity index (χ0n) is 16.9. The van der Waals surface area contributed by atoms with E-state index in [1.165, 1.54) is 0 Å². The van der Waals surface area contributed by atoms with Gasteiger partial charge in [-0.25, -0.2) is 9.78 Å². The van der Waals surface area contributed by atoms with Crippen molar-refractivity contribution in [2.24, 2.45) is 17.8 Å². The molecule has 152 valence electrons. The number of fused-ring (bicyclic) bond motifs is 2. The number of hydrogen-bond donors (Lipinski definition) is 0. The van der Waals surface area contributed by atoms with E-state index in [2.05, 4.69) is 18.9 Å². The summed E-state index contributed by atoms with van der Waals surface area (Å²) >= 11 is 0. The Bertz CT molecular complexity index is 638. The van der Waals surface area contributed by atoms with E-state index in [1.807, 2.05) is 18.7 Å². The molecular weight excluding hydrogens is 348 g/mol. The number of nitrogens with zero attached hydrogens (tertiary/aromatic N) is 2. The van der Waals surface area contributed by atoms with E-state index in [0.717, 1.165) is 51.9 Å². The quantitative estimate of drug-likeness (QED) is 0.646. The van der Waals surface area contributed by atoms with Crippen LogP contribution in [0.4, 0.5) is 0 Å². The molecule has 6 rings (SSSR count). The minimum Gasteiger partial charge on any atom is -0.338 e. The Labute approximate surface area is 161 Å². The van der Waals surface area contributed by atoms with Gasteiger partial charge in [0.25, 0.3) is 5.91 Å². The fourth-order valence-electron chi connectivity index (χ4n) is 6.23. The molecule has 0 radical (unpaired) electrons. The average Bonchev–Trinajstić information content (AvgIpc) is 2.73. The van der Waals surface area contributed by atoms with E-state index in [-0.39, 0.29) is 17.7 Å². The zero-order chi connectivity index (χ0) is 19.0. The molecule has 5 heterocycles. The normalized spacial score (nSPS) is 52.5. The van der Waals surface area contributed by atoms with Gasteiger partial charge < -0.3 is 19.3 Å². The van der Waals surface area contributed by atoms with Crippen LogP contribution in [0.1, 0.15) is 46.5 Å². The third kappa shape index (κ3) is 2.42. The van der Waals surface area contributed by atoms with Crippen LogP contribution in [0.25, 0.3) is 0 Å². The summed E-state index contributed by atoms with van der Waals surface area (Å²) in [5, 5.41) is 0. The maximum absolute atomic E-state index is 13.6. The highest BCUT2D eigenvalue weighted by atomic mass is 17.3. The van der Waals surface area contributed by atoms with Crippen LogP contribution < -0.4 is 0 Å². The standard InChI is InChI=1S/C20H32N2O5/c1-13-5-6-15-19(3,16(23)22-11-9-21(4)10-12-22)25-17-20(15)14(13)7-8-18(2,24-17)26-27-20/h13-15,17H,5-12H2,1-4H3/t13-,14+,15?,17-,18-,19+,20-/m1/s1. The molecule has 0 aromatic heterocycles. The lowest BCUT2D eigenvalue weighted by atomic mass is 9.59. The summed E-state index contributed by atoms with van der Waals surface area (Å²) in [6.07, 6.45) is 3.21. The van der Waals surface area contributed by atoms with Gasteiger partial charge in [0, 0.05) is 38.5 Å². The second-order valence-electron chi connectivity index (χ2n) is 9.68. The van der Waals surface area contributed by atoms with Crippen molar-refractivity contribution in [3.8, 4) is 0 Å². The molecule has 7 atom stereocenters. The first-order valence-electron chi connectivity index (χ1n) is 10.5. The van der Waals surface area contributed by atoms with Crippen LogP contribution >= 0.6 is 0 Å². The number of ether oxygens (including phenoxy) is 2. The highest BCUT2D eigenvalue weighted by molar-refractivity contribution is 5.86. The lowest BCUT2D eigenvalue weighted by Gasteiger charge is -2.50. The van der Waals surface area contributed by atoms with Crippen LogP contribution in [0.5, 0.6) is 0 Å². The topological polar surface area (TPSA) is 60.5 Å². The highest BCUT2D eigenvalue weighted by Gasteiger charge is 2.75. The summed E-state index contributed by atoms with van der Waals surface area (Å²) in [6, 6.07) is 0. The van der Waals surface area contributed by atoms with Crippen molar-refractivity contribution >= 4 is 5.91 Å². The van der Waals surface area contributed by atoms with E-state index in [1.54, 1.807) is 0 Å². The zero-order valence-corrected chi connectivity index (χ0v) is 16.9. The van der Waals surface area contributed by atoms with Crippen molar-refractivity contribution in [1.29, 1.82) is 0 Å². The van der Waals surface area contributed by atoms with Gasteiger partial charge in [-0.05, 0) is 52.0 Å². The molecule has 5 aliphatic heterocycles. The van der Waals surface area contributed by atoms with Gasteiger partial charge in [0.2, 0.25) is 5.79 Å². The lowest BCUT2D eigenvalue weighted by molar-refractivity contribution is -0.541. The molecule has 7 nitrogen and oxygen atoms in total. The summed E-state index contributed by atoms with van der Waals surface area (Å²) in [4.78, 5) is 29.8. The van der Waals surface area contributed by atoms with Crippen LogP contribution in [0.15, 0.2) is 0 Å². The summed E-state index contributed by atoms with van der Waals surface area (Å²) < 4.78 is 12.8. The van der Waals surface area contributed by atoms with Gasteiger partial charge in [-0.3, -0.25) is 4.79 Å². The predicted molar refractivity (Wildman–Crippen MR) is 96.4 cm³/mol. The van der Waals surface area contributed by atoms with Gasteiger partial charge >= 0.3 is 0 Å². The molecule has 6 fully saturated rings. The number of carbonyl (C=O) groups excluding carboxylic acids is 1. The molecule has 0 aromatic carbocycles. The van der Waals surface area contributed by atoms with Crippen molar-refractivity contribution in [3.05, 3.63) is 0 Å². The van der Waals surface area contributed by atoms with Crippen molar-refractivity contribution in [2.45, 2.75) is 69.7 Å². The summed E-state index contributed by atoms with van der Waals surface area (Å²) in [6.45, 7) is 9.44. The van der Waals surface area contributed by atoms with E-state index < -0.39 is 23.3 Å². The molecule has 5 saturated heterocycles. The van der Waals surface area contributed by atoms with Gasteiger partial charge in [0.15, 0.2) is 17.5 Å². The average molecular weight is 380 g/mol. The Morgan fingerprint density at radius 3 is 2.48 bits per heavy atom. The lowest BCUT2D eigenvalue weighted by Crippen LogP contribution is -2.63. The van der Waals surface area contributed by atoms with Gasteiger partial charge in [-0.2, -0.15) is 0 Å². The van der Waals surface area contributed by atoms with Gasteiger partial charge in [0.1, 0.15) is 0 Å². The number of hydrogen-bond acceptors (Lipinski definition) is 6. The summed E-state index contributed by atoms with van der Waals surface area (Å²) in [7, 11) is 2.10. The molecule has 27 heavy (non-hydrogen) atoms. The van der Waals surface area contributed by atoms with Crippen LogP contribution in [0, 0.1) is 17.8 Å². The first-order chi connectivity index (χ1) is 12.8. The third-order valence-electron chi connectivity index (χ3n) is 7.95. The van der Waals surface area contributed by atoms with Gasteiger partial charge in [-0.1, -0.05) is 6.92 Å². The molecule has 1 amide bonds. The smallest absolute Gasteiger partial charge is 0.255 e. The van der Waals surface area contributed by atoms with Crippen LogP contribution in [-0.2, 0) is 24.0 Å². The maximum atomic E-state index is 13.6. The molecule has 1 unspecified atom stereocenters. The molecule has 1 aliphatic carbocycles. The first-order valence-corrected chi connectivity index (χ1v) is 10.5. The van der Waals surface area contributed by atoms with E-state index >= 15 is 0 Å². The third-order valence-corrected chi connectivity index (χ3v) is 7.95. The second kappa shape index (κ2) is 5.89. The minimum atomic E-state index is -0.926. The van der Waals surface area contributed by atoms with Crippen molar-refractivity contribution in [2.75, 3.05) is 33.2 Å². The van der Waals surface area contributed by atoms with E-state index in [9.17, 15) is 4.79 Å². The van der Waals surface area contributed by atoms with Gasteiger partial charge in [-0.15, -0.1) is 0 Å². The fourth-order valence-corrected chi connectivity index (χ4v) is 6.23. The monoisotopic (exact) mass is 380 g/mol. The Balaban J connectivity index is 1.51. The van der Waals surface area contributed by atoms with Gasteiger partial charge in [0.05, 0.1) is 0 Å². The Kier molecular flexibility index (Phi) is 3.99. The highest BCUT2D eigenvalue weighted by Crippen LogP contribution is 2.63. The molecular formula is C20H32N2O5. The van der Waals surface area contributed by atoms with Crippen molar-refractivity contribution < 1.29 is 24.0 Å². The SMILES string of the molecule is C[C@@H]1CCC2[C@]34OO[C@](C)(CC[C@@H]13)O[C@@H]4O[C@]2(C)C(=O)N1CCN(C)CC1. The molecule has 0 aromatic rings. The van der Waals surface area contributed by atoms with E-state index in [4.69, 9.17) is 19.2 Å². The largest absolute Gasteiger partial charge is 0.338 e. The molecule has 2 bridgehead atoms. The second-order valence-corrected chi connectivity index (χ2v) is 9.68. The molecule has 1 saturated carbocycles. The minimum absolute atomic E-state index is 0.0500. The maximum Gasteiger partial charge on any atom is 0.255 e. The molecule has 1 spiro atoms. The molecule has 7 heteroatoms. The number of piperazine rings is 1. The number of carbonyl (C=O) groups is 1. The summed E-state index contributed by atoms with van der Waals surface area (Å²) in [5.41, 5.74) is -1.60. The fraction of sp³-hybridized carbons (Fsp3) is 0.950. The number of rotatable bonds is 1. The Hall–Kier alpha value is -0.730. The number of likely N-dealkylation sites (N-methyl/N-ethyl adjacent to an activating group) is 1. The molecule has 0 N–H and O–H groups in total. The van der Waals surface area contributed by atoms with Crippen LogP contribution in [-0.4, -0.2) is 72.2 Å². The Morgan fingerprint density at radius 1 is 1.00 bits per heavy atom. The Morgan fingerprint density at radius 2 is 1.74 bits per heavy atom. The first kappa shape index (κ1) is 18.3. The number of amides is 1. The van der Waals surface area contributed by atoms with E-state index in [0.29, 0.717) is 5.92 Å². The van der Waals surface area contributed by atoms with Crippen molar-refractivity contribution in [1.82, 2.24) is 9.80 Å². The molecule has 6 aliphatic rings. The van der Waals surface area contributed by atoms with Crippen molar-refractivity contribution in [3.63, 3.8) is 0 Å². The summed E-state index contributed by atoms with van der Waals surface area (Å²) in [5.74, 6) is 0.0246. The predicted octanol–water partition coefficient (Wildman–Crippen LogP) is 1.76. The van der Waals surface area contributed by atoms with Crippen LogP contribution in [0.3, 0.4) is 0 Å².